The van der Waals surface area contributed by atoms with Gasteiger partial charge in [-0.15, -0.1) is 0 Å². The molecule has 0 aliphatic heterocycles. The van der Waals surface area contributed by atoms with E-state index in [4.69, 9.17) is 4.74 Å². The third kappa shape index (κ3) is 10.3. The van der Waals surface area contributed by atoms with Gasteiger partial charge in [-0.2, -0.15) is 0 Å². The highest BCUT2D eigenvalue weighted by Crippen LogP contribution is 2.23. The fraction of sp³-hybridized carbons (Fsp3) is 0.625. The smallest absolute Gasteiger partial charge is 0.408 e. The summed E-state index contributed by atoms with van der Waals surface area (Å²) in [5.41, 5.74) is -0.379. The van der Waals surface area contributed by atoms with Crippen molar-refractivity contribution in [3.63, 3.8) is 0 Å². The summed E-state index contributed by atoms with van der Waals surface area (Å²) in [6, 6.07) is 8.46. The second kappa shape index (κ2) is 11.7. The van der Waals surface area contributed by atoms with E-state index in [0.29, 0.717) is 6.54 Å². The van der Waals surface area contributed by atoms with Gasteiger partial charge in [0.05, 0.1) is 0 Å². The highest BCUT2D eigenvalue weighted by molar-refractivity contribution is 5.90. The summed E-state index contributed by atoms with van der Waals surface area (Å²) in [4.78, 5) is 40.0. The van der Waals surface area contributed by atoms with Gasteiger partial charge in [0.2, 0.25) is 11.8 Å². The number of unbranched alkanes of at least 4 members (excludes halogenated alkanes) is 2. The zero-order chi connectivity index (χ0) is 23.7. The van der Waals surface area contributed by atoms with E-state index in [9.17, 15) is 14.4 Å². The summed E-state index contributed by atoms with van der Waals surface area (Å²) in [5, 5.41) is 5.51. The molecule has 0 fully saturated rings. The molecule has 7 heteroatoms. The van der Waals surface area contributed by atoms with E-state index in [1.54, 1.807) is 25.7 Å². The first kappa shape index (κ1) is 26.5. The Balaban J connectivity index is 3.13. The number of nitrogens with one attached hydrogen (secondary N) is 2. The molecule has 0 aliphatic rings. The van der Waals surface area contributed by atoms with E-state index in [2.05, 4.69) is 17.6 Å². The lowest BCUT2D eigenvalue weighted by atomic mass is 10.0. The van der Waals surface area contributed by atoms with Crippen molar-refractivity contribution in [1.82, 2.24) is 15.5 Å². The molecule has 0 spiro atoms. The molecule has 0 heterocycles. The molecule has 1 atom stereocenters. The lowest BCUT2D eigenvalue weighted by Crippen LogP contribution is -2.51. The van der Waals surface area contributed by atoms with Gasteiger partial charge >= 0.3 is 6.09 Å². The number of carbonyl (C=O) groups is 3. The fourth-order valence-corrected chi connectivity index (χ4v) is 3.04. The van der Waals surface area contributed by atoms with Gasteiger partial charge in [0.25, 0.3) is 0 Å². The van der Waals surface area contributed by atoms with Crippen LogP contribution >= 0.6 is 0 Å². The molecule has 0 saturated heterocycles. The lowest BCUT2D eigenvalue weighted by molar-refractivity contribution is -0.141. The van der Waals surface area contributed by atoms with Crippen LogP contribution in [0.2, 0.25) is 0 Å². The SMILES string of the molecule is CCCCCN(C(=O)CNC(=O)OC(C)(C)C)C(C(=O)NC(C)(C)C)c1ccccc1. The predicted octanol–water partition coefficient (Wildman–Crippen LogP) is 4.19. The third-order valence-electron chi connectivity index (χ3n) is 4.28. The Hall–Kier alpha value is -2.57. The minimum atomic E-state index is -0.787. The standard InChI is InChI=1S/C24H39N3O4/c1-8-9-13-16-27(19(28)17-25-22(30)31-24(5,6)7)20(18-14-11-10-12-15-18)21(29)26-23(2,3)4/h10-12,14-15,20H,8-9,13,16-17H2,1-7H3,(H,25,30)(H,26,29). The van der Waals surface area contributed by atoms with Crippen molar-refractivity contribution >= 4 is 17.9 Å². The first-order valence-corrected chi connectivity index (χ1v) is 11.0. The predicted molar refractivity (Wildman–Crippen MR) is 123 cm³/mol. The molecule has 0 saturated carbocycles. The van der Waals surface area contributed by atoms with E-state index in [1.807, 2.05) is 51.1 Å². The molecule has 31 heavy (non-hydrogen) atoms. The minimum absolute atomic E-state index is 0.243. The van der Waals surface area contributed by atoms with Gasteiger partial charge in [-0.1, -0.05) is 50.1 Å². The van der Waals surface area contributed by atoms with Crippen LogP contribution in [0.25, 0.3) is 0 Å². The van der Waals surface area contributed by atoms with Crippen LogP contribution in [0.3, 0.4) is 0 Å². The van der Waals surface area contributed by atoms with Crippen molar-refractivity contribution in [3.05, 3.63) is 35.9 Å². The molecule has 1 rings (SSSR count). The van der Waals surface area contributed by atoms with Gasteiger partial charge in [-0.3, -0.25) is 9.59 Å². The van der Waals surface area contributed by atoms with Crippen molar-refractivity contribution in [2.45, 2.75) is 84.9 Å². The molecular formula is C24H39N3O4. The number of amides is 3. The second-order valence-electron chi connectivity index (χ2n) is 9.70. The molecule has 3 amide bonds. The monoisotopic (exact) mass is 433 g/mol. The summed E-state index contributed by atoms with van der Waals surface area (Å²) < 4.78 is 5.22. The Kier molecular flexibility index (Phi) is 10.0. The second-order valence-corrected chi connectivity index (χ2v) is 9.70. The number of alkyl carbamates (subject to hydrolysis) is 1. The third-order valence-corrected chi connectivity index (χ3v) is 4.28. The van der Waals surface area contributed by atoms with Crippen LogP contribution in [0.5, 0.6) is 0 Å². The highest BCUT2D eigenvalue weighted by atomic mass is 16.6. The maximum atomic E-state index is 13.2. The normalized spacial score (nSPS) is 12.6. The van der Waals surface area contributed by atoms with Crippen molar-refractivity contribution < 1.29 is 19.1 Å². The molecule has 0 bridgehead atoms. The van der Waals surface area contributed by atoms with Crippen LogP contribution < -0.4 is 10.6 Å². The Bertz CT molecular complexity index is 721. The molecular weight excluding hydrogens is 394 g/mol. The largest absolute Gasteiger partial charge is 0.444 e. The van der Waals surface area contributed by atoms with Gasteiger partial charge in [-0.25, -0.2) is 4.79 Å². The first-order valence-electron chi connectivity index (χ1n) is 11.0. The Labute approximate surface area is 186 Å². The van der Waals surface area contributed by atoms with Crippen LogP contribution in [0, 0.1) is 0 Å². The number of carbonyl (C=O) groups excluding carboxylic acids is 3. The van der Waals surface area contributed by atoms with Gasteiger partial charge in [-0.05, 0) is 53.5 Å². The minimum Gasteiger partial charge on any atom is -0.444 e. The fourth-order valence-electron chi connectivity index (χ4n) is 3.04. The zero-order valence-corrected chi connectivity index (χ0v) is 20.1. The van der Waals surface area contributed by atoms with Gasteiger partial charge in [0, 0.05) is 12.1 Å². The zero-order valence-electron chi connectivity index (χ0n) is 20.1. The maximum Gasteiger partial charge on any atom is 0.408 e. The topological polar surface area (TPSA) is 87.7 Å². The Morgan fingerprint density at radius 1 is 1.00 bits per heavy atom. The van der Waals surface area contributed by atoms with Crippen LogP contribution in [0.4, 0.5) is 4.79 Å². The summed E-state index contributed by atoms with van der Waals surface area (Å²) in [5.74, 6) is -0.583. The van der Waals surface area contributed by atoms with Gasteiger partial charge in [0.15, 0.2) is 0 Å². The Morgan fingerprint density at radius 3 is 2.13 bits per heavy atom. The van der Waals surface area contributed by atoms with Crippen LogP contribution in [0.15, 0.2) is 30.3 Å². The maximum absolute atomic E-state index is 13.2. The molecule has 1 aromatic carbocycles. The first-order chi connectivity index (χ1) is 14.3. The molecule has 2 N–H and O–H groups in total. The number of rotatable bonds is 9. The summed E-state index contributed by atoms with van der Waals surface area (Å²) in [6.45, 7) is 13.2. The van der Waals surface area contributed by atoms with Crippen LogP contribution in [-0.4, -0.2) is 47.0 Å². The van der Waals surface area contributed by atoms with Gasteiger partial charge < -0.3 is 20.3 Å². The van der Waals surface area contributed by atoms with Crippen molar-refractivity contribution in [1.29, 1.82) is 0 Å². The number of hydrogen-bond donors (Lipinski definition) is 2. The van der Waals surface area contributed by atoms with Crippen molar-refractivity contribution in [3.8, 4) is 0 Å². The van der Waals surface area contributed by atoms with E-state index < -0.39 is 23.3 Å². The van der Waals surface area contributed by atoms with E-state index in [-0.39, 0.29) is 18.4 Å². The van der Waals surface area contributed by atoms with Crippen molar-refractivity contribution in [2.75, 3.05) is 13.1 Å². The lowest BCUT2D eigenvalue weighted by Gasteiger charge is -2.34. The number of ether oxygens (including phenoxy) is 1. The molecule has 174 valence electrons. The van der Waals surface area contributed by atoms with Crippen molar-refractivity contribution in [2.24, 2.45) is 0 Å². The van der Waals surface area contributed by atoms with E-state index in [0.717, 1.165) is 24.8 Å². The molecule has 0 radical (unpaired) electrons. The molecule has 0 aliphatic carbocycles. The molecule has 0 aromatic heterocycles. The van der Waals surface area contributed by atoms with E-state index in [1.165, 1.54) is 0 Å². The summed E-state index contributed by atoms with van der Waals surface area (Å²) in [6.07, 6.45) is 2.03. The summed E-state index contributed by atoms with van der Waals surface area (Å²) in [7, 11) is 0. The average molecular weight is 434 g/mol. The Morgan fingerprint density at radius 2 is 1.61 bits per heavy atom. The number of nitrogens with zero attached hydrogens (tertiary/aromatic N) is 1. The highest BCUT2D eigenvalue weighted by Gasteiger charge is 2.33. The quantitative estimate of drug-likeness (QED) is 0.572. The average Bonchev–Trinajstić information content (AvgIpc) is 2.63. The molecule has 1 aromatic rings. The number of benzene rings is 1. The number of hydrogen-bond acceptors (Lipinski definition) is 4. The summed E-state index contributed by atoms with van der Waals surface area (Å²) >= 11 is 0. The molecule has 1 unspecified atom stereocenters. The van der Waals surface area contributed by atoms with E-state index >= 15 is 0 Å². The van der Waals surface area contributed by atoms with Crippen LogP contribution in [-0.2, 0) is 14.3 Å². The van der Waals surface area contributed by atoms with Crippen LogP contribution in [0.1, 0.15) is 79.3 Å². The molecule has 7 nitrogen and oxygen atoms in total. The van der Waals surface area contributed by atoms with Gasteiger partial charge in [0.1, 0.15) is 18.2 Å².